The third-order valence-electron chi connectivity index (χ3n) is 5.28. The van der Waals surface area contributed by atoms with Gasteiger partial charge in [-0.25, -0.2) is 0 Å². The number of thioether (sulfide) groups is 1. The van der Waals surface area contributed by atoms with E-state index in [1.165, 1.54) is 31.0 Å². The van der Waals surface area contributed by atoms with E-state index in [2.05, 4.69) is 15.5 Å². The number of nitrogens with one attached hydrogen (secondary N) is 1. The quantitative estimate of drug-likeness (QED) is 0.694. The Labute approximate surface area is 162 Å². The molecule has 0 spiro atoms. The van der Waals surface area contributed by atoms with E-state index in [1.807, 2.05) is 24.3 Å². The van der Waals surface area contributed by atoms with Crippen molar-refractivity contribution >= 4 is 17.7 Å². The van der Waals surface area contributed by atoms with Crippen LogP contribution in [-0.4, -0.2) is 35.0 Å². The molecule has 7 nitrogen and oxygen atoms in total. The second-order valence-electron chi connectivity index (χ2n) is 7.04. The lowest BCUT2D eigenvalue weighted by molar-refractivity contribution is -0.119. The van der Waals surface area contributed by atoms with Crippen LogP contribution in [0.4, 0.5) is 0 Å². The molecule has 1 heterocycles. The molecule has 1 aromatic carbocycles. The lowest BCUT2D eigenvalue weighted by Gasteiger charge is -2.22. The monoisotopic (exact) mass is 389 g/mol. The minimum atomic E-state index is 0.0302. The van der Waals surface area contributed by atoms with E-state index >= 15 is 0 Å². The third kappa shape index (κ3) is 4.37. The molecular weight excluding hydrogens is 366 g/mol. The summed E-state index contributed by atoms with van der Waals surface area (Å²) < 4.78 is 16.4. The van der Waals surface area contributed by atoms with Gasteiger partial charge in [0.2, 0.25) is 5.91 Å². The Kier molecular flexibility index (Phi) is 5.52. The maximum Gasteiger partial charge on any atom is 0.277 e. The van der Waals surface area contributed by atoms with Gasteiger partial charge in [-0.3, -0.25) is 4.79 Å². The van der Waals surface area contributed by atoms with Gasteiger partial charge in [0.1, 0.15) is 0 Å². The van der Waals surface area contributed by atoms with E-state index in [0.717, 1.165) is 12.3 Å². The van der Waals surface area contributed by atoms with E-state index in [-0.39, 0.29) is 18.3 Å². The maximum absolute atomic E-state index is 12.2. The molecule has 0 aliphatic heterocycles. The summed E-state index contributed by atoms with van der Waals surface area (Å²) in [6.07, 6.45) is 4.98. The molecule has 2 fully saturated rings. The number of carbonyl (C=O) groups excluding carboxylic acids is 1. The Hall–Kier alpha value is -2.22. The smallest absolute Gasteiger partial charge is 0.277 e. The van der Waals surface area contributed by atoms with Crippen molar-refractivity contribution in [3.05, 3.63) is 30.2 Å². The van der Waals surface area contributed by atoms with Gasteiger partial charge in [-0.15, -0.1) is 10.2 Å². The number of ether oxygens (including phenoxy) is 2. The third-order valence-corrected chi connectivity index (χ3v) is 6.10. The largest absolute Gasteiger partial charge is 0.493 e. The molecule has 27 heavy (non-hydrogen) atoms. The molecule has 2 aliphatic carbocycles. The van der Waals surface area contributed by atoms with Gasteiger partial charge >= 0.3 is 0 Å². The van der Waals surface area contributed by atoms with Crippen molar-refractivity contribution in [2.24, 2.45) is 11.8 Å². The lowest BCUT2D eigenvalue weighted by atomic mass is 9.95. The summed E-state index contributed by atoms with van der Waals surface area (Å²) in [5, 5.41) is 11.5. The zero-order chi connectivity index (χ0) is 18.6. The molecule has 2 saturated carbocycles. The fourth-order valence-electron chi connectivity index (χ4n) is 4.03. The molecule has 0 saturated heterocycles. The summed E-state index contributed by atoms with van der Waals surface area (Å²) in [7, 11) is 1.59. The Balaban J connectivity index is 1.23. The Morgan fingerprint density at radius 2 is 2.11 bits per heavy atom. The Morgan fingerprint density at radius 3 is 2.85 bits per heavy atom. The average Bonchev–Trinajstić information content (AvgIpc) is 3.42. The highest BCUT2D eigenvalue weighted by Gasteiger charge is 2.40. The summed E-state index contributed by atoms with van der Waals surface area (Å²) in [6.45, 7) is 0.144. The number of methoxy groups -OCH3 is 1. The summed E-state index contributed by atoms with van der Waals surface area (Å²) >= 11 is 1.25. The first kappa shape index (κ1) is 18.2. The topological polar surface area (TPSA) is 86.5 Å². The first-order valence-electron chi connectivity index (χ1n) is 9.21. The number of nitrogens with zero attached hydrogens (tertiary/aromatic N) is 2. The van der Waals surface area contributed by atoms with Crippen molar-refractivity contribution in [1.29, 1.82) is 0 Å². The van der Waals surface area contributed by atoms with Crippen molar-refractivity contribution < 1.29 is 18.7 Å². The molecule has 1 N–H and O–H groups in total. The van der Waals surface area contributed by atoms with Crippen LogP contribution in [0.25, 0.3) is 0 Å². The number of carbonyl (C=O) groups is 1. The van der Waals surface area contributed by atoms with Crippen LogP contribution >= 0.6 is 11.8 Å². The summed E-state index contributed by atoms with van der Waals surface area (Å²) in [6, 6.07) is 7.71. The normalized spacial score (nSPS) is 23.4. The van der Waals surface area contributed by atoms with E-state index < -0.39 is 0 Å². The first-order chi connectivity index (χ1) is 13.2. The molecule has 4 rings (SSSR count). The van der Waals surface area contributed by atoms with Gasteiger partial charge in [-0.2, -0.15) is 0 Å². The number of para-hydroxylation sites is 2. The van der Waals surface area contributed by atoms with E-state index in [4.69, 9.17) is 13.9 Å². The van der Waals surface area contributed by atoms with Crippen molar-refractivity contribution in [2.75, 3.05) is 12.9 Å². The predicted octanol–water partition coefficient (Wildman–Crippen LogP) is 3.05. The Morgan fingerprint density at radius 1 is 1.26 bits per heavy atom. The fourth-order valence-corrected chi connectivity index (χ4v) is 4.62. The number of rotatable bonds is 8. The molecular formula is C19H23N3O4S. The number of amides is 1. The van der Waals surface area contributed by atoms with Crippen LogP contribution < -0.4 is 14.8 Å². The van der Waals surface area contributed by atoms with Gasteiger partial charge < -0.3 is 19.2 Å². The van der Waals surface area contributed by atoms with E-state index in [0.29, 0.717) is 34.6 Å². The number of hydrogen-bond acceptors (Lipinski definition) is 7. The highest BCUT2D eigenvalue weighted by molar-refractivity contribution is 7.99. The van der Waals surface area contributed by atoms with Crippen LogP contribution in [0.3, 0.4) is 0 Å². The van der Waals surface area contributed by atoms with Crippen molar-refractivity contribution in [3.8, 4) is 11.5 Å². The fraction of sp³-hybridized carbons (Fsp3) is 0.526. The van der Waals surface area contributed by atoms with E-state index in [1.54, 1.807) is 7.11 Å². The molecule has 2 bridgehead atoms. The summed E-state index contributed by atoms with van der Waals surface area (Å²) in [4.78, 5) is 12.2. The van der Waals surface area contributed by atoms with Crippen molar-refractivity contribution in [3.63, 3.8) is 0 Å². The number of benzene rings is 1. The zero-order valence-electron chi connectivity index (χ0n) is 15.2. The predicted molar refractivity (Wildman–Crippen MR) is 99.7 cm³/mol. The maximum atomic E-state index is 12.2. The second-order valence-corrected chi connectivity index (χ2v) is 7.97. The molecule has 3 atom stereocenters. The van der Waals surface area contributed by atoms with Crippen molar-refractivity contribution in [1.82, 2.24) is 15.5 Å². The zero-order valence-corrected chi connectivity index (χ0v) is 16.0. The number of fused-ring (bicyclic) bond motifs is 2. The molecule has 0 radical (unpaired) electrons. The molecule has 144 valence electrons. The standard InChI is InChI=1S/C19H23N3O4S/c1-24-15-4-2-3-5-16(15)25-10-18-21-22-19(26-18)27-11-17(23)20-14-9-12-6-7-13(14)8-12/h2-5,12-14H,6-11H2,1H3,(H,20,23)/t12-,13+,14+/m0/s1. The molecule has 2 aromatic rings. The number of aromatic nitrogens is 2. The highest BCUT2D eigenvalue weighted by atomic mass is 32.2. The summed E-state index contributed by atoms with van der Waals surface area (Å²) in [5.41, 5.74) is 0. The minimum Gasteiger partial charge on any atom is -0.493 e. The van der Waals surface area contributed by atoms with Crippen LogP contribution in [0.5, 0.6) is 11.5 Å². The van der Waals surface area contributed by atoms with Gasteiger partial charge in [0.15, 0.2) is 18.1 Å². The van der Waals surface area contributed by atoms with Crippen LogP contribution in [0.15, 0.2) is 33.9 Å². The summed E-state index contributed by atoms with van der Waals surface area (Å²) in [5.74, 6) is 3.41. The SMILES string of the molecule is COc1ccccc1OCc1nnc(SCC(=O)N[C@@H]2C[C@H]3CC[C@@H]2C3)o1. The van der Waals surface area contributed by atoms with Crippen molar-refractivity contribution in [2.45, 2.75) is 43.6 Å². The van der Waals surface area contributed by atoms with Gasteiger partial charge in [-0.05, 0) is 43.2 Å². The average molecular weight is 389 g/mol. The molecule has 8 heteroatoms. The Bertz CT molecular complexity index is 797. The van der Waals surface area contributed by atoms with Crippen LogP contribution in [0, 0.1) is 11.8 Å². The van der Waals surface area contributed by atoms with Gasteiger partial charge in [0, 0.05) is 6.04 Å². The molecule has 1 amide bonds. The highest BCUT2D eigenvalue weighted by Crippen LogP contribution is 2.44. The van der Waals surface area contributed by atoms with Gasteiger partial charge in [0.05, 0.1) is 12.9 Å². The molecule has 2 aliphatic rings. The van der Waals surface area contributed by atoms with Crippen LogP contribution in [0.1, 0.15) is 31.6 Å². The molecule has 0 unspecified atom stereocenters. The van der Waals surface area contributed by atoms with Crippen LogP contribution in [-0.2, 0) is 11.4 Å². The second kappa shape index (κ2) is 8.21. The number of hydrogen-bond donors (Lipinski definition) is 1. The lowest BCUT2D eigenvalue weighted by Crippen LogP contribution is -2.39. The van der Waals surface area contributed by atoms with Crippen LogP contribution in [0.2, 0.25) is 0 Å². The van der Waals surface area contributed by atoms with Gasteiger partial charge in [-0.1, -0.05) is 30.3 Å². The first-order valence-corrected chi connectivity index (χ1v) is 10.2. The minimum absolute atomic E-state index is 0.0302. The van der Waals surface area contributed by atoms with E-state index in [9.17, 15) is 4.79 Å². The molecule has 1 aromatic heterocycles. The van der Waals surface area contributed by atoms with Gasteiger partial charge in [0.25, 0.3) is 11.1 Å².